The van der Waals surface area contributed by atoms with Gasteiger partial charge >= 0.3 is 6.16 Å². The summed E-state index contributed by atoms with van der Waals surface area (Å²) < 4.78 is 22.3. The Hall–Kier alpha value is -2.69. The quantitative estimate of drug-likeness (QED) is 0.633. The van der Waals surface area contributed by atoms with Crippen LogP contribution in [0.25, 0.3) is 0 Å². The van der Waals surface area contributed by atoms with Gasteiger partial charge in [-0.1, -0.05) is 24.3 Å². The summed E-state index contributed by atoms with van der Waals surface area (Å²) in [5.41, 5.74) is 0.801. The molecule has 28 heavy (non-hydrogen) atoms. The lowest BCUT2D eigenvalue weighted by molar-refractivity contribution is -0.135. The maximum atomic E-state index is 12.8. The second-order valence-corrected chi connectivity index (χ2v) is 7.61. The maximum Gasteiger partial charge on any atom is 0.510 e. The van der Waals surface area contributed by atoms with Crippen LogP contribution in [0.3, 0.4) is 0 Å². The Kier molecular flexibility index (Phi) is 4.92. The molecule has 5 nitrogen and oxygen atoms in total. The molecule has 2 aromatic rings. The zero-order valence-corrected chi connectivity index (χ0v) is 16.4. The van der Waals surface area contributed by atoms with E-state index in [2.05, 4.69) is 0 Å². The Morgan fingerprint density at radius 2 is 1.04 bits per heavy atom. The van der Waals surface area contributed by atoms with Gasteiger partial charge in [0.05, 0.1) is 14.2 Å². The molecule has 5 heteroatoms. The topological polar surface area (TPSA) is 54.0 Å². The minimum Gasteiger partial charge on any atom is -0.497 e. The molecular weight excluding hydrogens is 356 g/mol. The number of rotatable bonds is 6. The zero-order chi connectivity index (χ0) is 19.6. The molecule has 0 atom stereocenters. The Morgan fingerprint density at radius 1 is 0.679 bits per heavy atom. The van der Waals surface area contributed by atoms with Crippen LogP contribution < -0.4 is 9.47 Å². The first-order valence-electron chi connectivity index (χ1n) is 9.80. The third kappa shape index (κ3) is 3.30. The molecule has 2 aliphatic rings. The van der Waals surface area contributed by atoms with Gasteiger partial charge in [0, 0.05) is 0 Å². The van der Waals surface area contributed by atoms with Crippen molar-refractivity contribution in [1.29, 1.82) is 0 Å². The summed E-state index contributed by atoms with van der Waals surface area (Å²) in [5, 5.41) is 0. The normalized spacial score (nSPS) is 18.9. The average Bonchev–Trinajstić information content (AvgIpc) is 2.68. The predicted molar refractivity (Wildman–Crippen MR) is 105 cm³/mol. The van der Waals surface area contributed by atoms with Gasteiger partial charge in [-0.05, 0) is 73.9 Å². The van der Waals surface area contributed by atoms with Gasteiger partial charge in [0.15, 0.2) is 0 Å². The van der Waals surface area contributed by atoms with Gasteiger partial charge < -0.3 is 18.9 Å². The fourth-order valence-corrected chi connectivity index (χ4v) is 4.02. The van der Waals surface area contributed by atoms with Crippen LogP contribution in [0.1, 0.15) is 49.7 Å². The second kappa shape index (κ2) is 7.38. The Balaban J connectivity index is 1.48. The first-order valence-corrected chi connectivity index (χ1v) is 9.80. The molecule has 0 heterocycles. The van der Waals surface area contributed by atoms with E-state index in [4.69, 9.17) is 18.9 Å². The number of benzene rings is 2. The molecule has 2 saturated carbocycles. The molecule has 0 unspecified atom stereocenters. The van der Waals surface area contributed by atoms with E-state index in [-0.39, 0.29) is 0 Å². The van der Waals surface area contributed by atoms with Crippen LogP contribution in [0.5, 0.6) is 11.5 Å². The number of hydrogen-bond acceptors (Lipinski definition) is 5. The third-order valence-electron chi connectivity index (χ3n) is 6.11. The van der Waals surface area contributed by atoms with Gasteiger partial charge in [-0.3, -0.25) is 0 Å². The summed E-state index contributed by atoms with van der Waals surface area (Å²) in [6.07, 6.45) is 4.71. The summed E-state index contributed by atoms with van der Waals surface area (Å²) in [6.45, 7) is 0. The fraction of sp³-hybridized carbons (Fsp3) is 0.435. The number of hydrogen-bond donors (Lipinski definition) is 0. The van der Waals surface area contributed by atoms with Gasteiger partial charge in [-0.25, -0.2) is 4.79 Å². The molecule has 2 fully saturated rings. The van der Waals surface area contributed by atoms with Crippen molar-refractivity contribution in [3.63, 3.8) is 0 Å². The smallest absolute Gasteiger partial charge is 0.497 e. The van der Waals surface area contributed by atoms with Crippen molar-refractivity contribution in [2.45, 2.75) is 49.7 Å². The highest BCUT2D eigenvalue weighted by atomic mass is 16.7. The van der Waals surface area contributed by atoms with Crippen LogP contribution in [0.15, 0.2) is 48.5 Å². The molecular formula is C23H26O5. The largest absolute Gasteiger partial charge is 0.510 e. The summed E-state index contributed by atoms with van der Waals surface area (Å²) >= 11 is 0. The number of carbonyl (C=O) groups excluding carboxylic acids is 1. The molecule has 0 radical (unpaired) electrons. The van der Waals surface area contributed by atoms with Crippen LogP contribution >= 0.6 is 0 Å². The van der Waals surface area contributed by atoms with Gasteiger partial charge in [0.1, 0.15) is 22.7 Å². The van der Waals surface area contributed by atoms with Crippen LogP contribution in [0, 0.1) is 0 Å². The Labute approximate surface area is 165 Å². The molecule has 0 aromatic heterocycles. The van der Waals surface area contributed by atoms with E-state index in [0.717, 1.165) is 61.2 Å². The summed E-state index contributed by atoms with van der Waals surface area (Å²) in [7, 11) is 3.28. The van der Waals surface area contributed by atoms with E-state index in [1.165, 1.54) is 0 Å². The van der Waals surface area contributed by atoms with E-state index in [0.29, 0.717) is 0 Å². The molecule has 2 aliphatic carbocycles. The van der Waals surface area contributed by atoms with Crippen molar-refractivity contribution in [3.05, 3.63) is 59.7 Å². The first kappa shape index (κ1) is 18.7. The first-order chi connectivity index (χ1) is 13.6. The highest BCUT2D eigenvalue weighted by Crippen LogP contribution is 2.48. The van der Waals surface area contributed by atoms with E-state index in [9.17, 15) is 4.79 Å². The molecule has 0 spiro atoms. The predicted octanol–water partition coefficient (Wildman–Crippen LogP) is 5.32. The minimum absolute atomic E-state index is 0.589. The van der Waals surface area contributed by atoms with Crippen molar-refractivity contribution >= 4 is 6.16 Å². The average molecular weight is 382 g/mol. The molecule has 0 N–H and O–H groups in total. The molecule has 0 bridgehead atoms. The van der Waals surface area contributed by atoms with Crippen LogP contribution in [-0.2, 0) is 20.7 Å². The minimum atomic E-state index is -0.592. The summed E-state index contributed by atoms with van der Waals surface area (Å²) in [4.78, 5) is 12.8. The highest BCUT2D eigenvalue weighted by molar-refractivity contribution is 5.62. The van der Waals surface area contributed by atoms with E-state index >= 15 is 0 Å². The lowest BCUT2D eigenvalue weighted by Gasteiger charge is -2.44. The van der Waals surface area contributed by atoms with Gasteiger partial charge in [0.25, 0.3) is 0 Å². The van der Waals surface area contributed by atoms with Gasteiger partial charge in [-0.15, -0.1) is 0 Å². The molecule has 4 rings (SSSR count). The van der Waals surface area contributed by atoms with Crippen molar-refractivity contribution in [3.8, 4) is 11.5 Å². The van der Waals surface area contributed by atoms with Gasteiger partial charge in [-0.2, -0.15) is 0 Å². The van der Waals surface area contributed by atoms with Crippen molar-refractivity contribution in [1.82, 2.24) is 0 Å². The van der Waals surface area contributed by atoms with E-state index in [1.807, 2.05) is 48.5 Å². The molecule has 0 amide bonds. The number of methoxy groups -OCH3 is 2. The number of carbonyl (C=O) groups is 1. The van der Waals surface area contributed by atoms with E-state index < -0.39 is 17.4 Å². The van der Waals surface area contributed by atoms with Gasteiger partial charge in [0.2, 0.25) is 0 Å². The maximum absolute atomic E-state index is 12.8. The lowest BCUT2D eigenvalue weighted by Crippen LogP contribution is -2.44. The lowest BCUT2D eigenvalue weighted by atomic mass is 9.74. The summed E-state index contributed by atoms with van der Waals surface area (Å²) in [6, 6.07) is 15.5. The monoisotopic (exact) mass is 382 g/mol. The van der Waals surface area contributed by atoms with Crippen LogP contribution in [0.2, 0.25) is 0 Å². The Morgan fingerprint density at radius 3 is 1.29 bits per heavy atom. The Bertz CT molecular complexity index is 748. The standard InChI is InChI=1S/C23H26O5/c1-25-19-9-5-17(6-10-19)22(13-3-14-22)27-21(24)28-23(15-4-16-23)18-7-11-20(26-2)12-8-18/h5-12H,3-4,13-16H2,1-2H3. The van der Waals surface area contributed by atoms with Crippen LogP contribution in [0.4, 0.5) is 4.79 Å². The molecule has 148 valence electrons. The summed E-state index contributed by atoms with van der Waals surface area (Å²) in [5.74, 6) is 1.57. The van der Waals surface area contributed by atoms with Crippen LogP contribution in [-0.4, -0.2) is 20.4 Å². The molecule has 0 aliphatic heterocycles. The zero-order valence-electron chi connectivity index (χ0n) is 16.4. The number of ether oxygens (including phenoxy) is 4. The molecule has 0 saturated heterocycles. The van der Waals surface area contributed by atoms with E-state index in [1.54, 1.807) is 14.2 Å². The fourth-order valence-electron chi connectivity index (χ4n) is 4.02. The van der Waals surface area contributed by atoms with Crippen molar-refractivity contribution in [2.24, 2.45) is 0 Å². The third-order valence-corrected chi connectivity index (χ3v) is 6.11. The SMILES string of the molecule is COc1ccc(C2(OC(=O)OC3(c4ccc(OC)cc4)CCC3)CCC2)cc1. The second-order valence-electron chi connectivity index (χ2n) is 7.61. The molecule has 2 aromatic carbocycles. The van der Waals surface area contributed by atoms with Crippen molar-refractivity contribution in [2.75, 3.05) is 14.2 Å². The highest BCUT2D eigenvalue weighted by Gasteiger charge is 2.47. The van der Waals surface area contributed by atoms with Crippen molar-refractivity contribution < 1.29 is 23.7 Å².